The first kappa shape index (κ1) is 15.4. The zero-order valence-electron chi connectivity index (χ0n) is 11.1. The number of carbonyl (C=O) groups excluding carboxylic acids is 1. The van der Waals surface area contributed by atoms with Gasteiger partial charge in [-0.2, -0.15) is 0 Å². The number of nitrogens with one attached hydrogen (secondary N) is 2. The molecule has 0 radical (unpaired) electrons. The van der Waals surface area contributed by atoms with E-state index in [1.54, 1.807) is 43.3 Å². The maximum atomic E-state index is 11.8. The third-order valence-electron chi connectivity index (χ3n) is 2.47. The summed E-state index contributed by atoms with van der Waals surface area (Å²) in [5.41, 5.74) is 0.426. The number of ether oxygens (including phenoxy) is 1. The number of benzene rings is 1. The molecular formula is C14H13Cl2N3O2. The summed E-state index contributed by atoms with van der Waals surface area (Å²) < 4.78 is 5.53. The lowest BCUT2D eigenvalue weighted by atomic mass is 10.3. The molecule has 7 heteroatoms. The van der Waals surface area contributed by atoms with Crippen LogP contribution in [0, 0.1) is 0 Å². The Labute approximate surface area is 132 Å². The van der Waals surface area contributed by atoms with Crippen molar-refractivity contribution in [3.63, 3.8) is 0 Å². The zero-order valence-corrected chi connectivity index (χ0v) is 12.7. The normalized spacial score (nSPS) is 11.6. The predicted octanol–water partition coefficient (Wildman–Crippen LogP) is 3.93. The molecule has 5 nitrogen and oxygen atoms in total. The molecule has 110 valence electrons. The first-order chi connectivity index (χ1) is 10.0. The minimum Gasteiger partial charge on any atom is -0.471 e. The molecule has 0 fully saturated rings. The number of hydrogen-bond donors (Lipinski definition) is 2. The van der Waals surface area contributed by atoms with E-state index in [0.29, 0.717) is 16.5 Å². The van der Waals surface area contributed by atoms with Gasteiger partial charge in [-0.1, -0.05) is 23.2 Å². The van der Waals surface area contributed by atoms with E-state index in [1.807, 2.05) is 0 Å². The fourth-order valence-corrected chi connectivity index (χ4v) is 1.86. The Hall–Kier alpha value is -1.98. The fraction of sp³-hybridized carbons (Fsp3) is 0.143. The van der Waals surface area contributed by atoms with Crippen molar-refractivity contribution in [3.8, 4) is 5.75 Å². The molecule has 0 saturated carbocycles. The molecular weight excluding hydrogens is 313 g/mol. The molecule has 0 saturated heterocycles. The van der Waals surface area contributed by atoms with Gasteiger partial charge in [-0.3, -0.25) is 0 Å². The molecule has 2 amide bonds. The van der Waals surface area contributed by atoms with Crippen LogP contribution < -0.4 is 15.4 Å². The molecule has 0 spiro atoms. The van der Waals surface area contributed by atoms with Gasteiger partial charge in [0.05, 0.1) is 5.69 Å². The summed E-state index contributed by atoms with van der Waals surface area (Å²) in [7, 11) is 0. The Balaban J connectivity index is 1.87. The second kappa shape index (κ2) is 7.15. The minimum absolute atomic E-state index is 0.221. The van der Waals surface area contributed by atoms with Crippen molar-refractivity contribution in [1.29, 1.82) is 0 Å². The molecule has 1 aromatic heterocycles. The lowest BCUT2D eigenvalue weighted by molar-refractivity contribution is 0.183. The third-order valence-corrected chi connectivity index (χ3v) is 3.02. The summed E-state index contributed by atoms with van der Waals surface area (Å²) in [6, 6.07) is 9.74. The SMILES string of the molecule is CC(NC(=O)Nc1cccnc1Cl)Oc1ccc(Cl)cc1. The fourth-order valence-electron chi connectivity index (χ4n) is 1.57. The first-order valence-electron chi connectivity index (χ1n) is 6.15. The summed E-state index contributed by atoms with van der Waals surface area (Å²) in [6.45, 7) is 1.71. The van der Waals surface area contributed by atoms with Gasteiger partial charge in [0.15, 0.2) is 11.4 Å². The van der Waals surface area contributed by atoms with Crippen LogP contribution in [0.25, 0.3) is 0 Å². The van der Waals surface area contributed by atoms with Crippen molar-refractivity contribution >= 4 is 34.9 Å². The molecule has 1 aromatic carbocycles. The van der Waals surface area contributed by atoms with Crippen LogP contribution in [0.15, 0.2) is 42.6 Å². The summed E-state index contributed by atoms with van der Waals surface area (Å²) in [6.07, 6.45) is 1.01. The molecule has 2 aromatic rings. The summed E-state index contributed by atoms with van der Waals surface area (Å²) in [5.74, 6) is 0.603. The van der Waals surface area contributed by atoms with E-state index in [2.05, 4.69) is 15.6 Å². The van der Waals surface area contributed by atoms with E-state index in [9.17, 15) is 4.79 Å². The number of carbonyl (C=O) groups is 1. The van der Waals surface area contributed by atoms with E-state index in [4.69, 9.17) is 27.9 Å². The molecule has 0 aliphatic heterocycles. The van der Waals surface area contributed by atoms with Crippen LogP contribution in [0.1, 0.15) is 6.92 Å². The quantitative estimate of drug-likeness (QED) is 0.661. The standard InChI is InChI=1S/C14H13Cl2N3O2/c1-9(21-11-6-4-10(15)5-7-11)18-14(20)19-12-3-2-8-17-13(12)16/h2-9H,1H3,(H2,18,19,20). The van der Waals surface area contributed by atoms with Crippen LogP contribution in [-0.4, -0.2) is 17.2 Å². The van der Waals surface area contributed by atoms with Crippen molar-refractivity contribution in [2.24, 2.45) is 0 Å². The average Bonchev–Trinajstić information content (AvgIpc) is 2.44. The van der Waals surface area contributed by atoms with Crippen LogP contribution in [-0.2, 0) is 0 Å². The molecule has 2 N–H and O–H groups in total. The maximum Gasteiger partial charge on any atom is 0.322 e. The number of halogens is 2. The number of pyridine rings is 1. The van der Waals surface area contributed by atoms with Crippen molar-refractivity contribution in [1.82, 2.24) is 10.3 Å². The Morgan fingerprint density at radius 2 is 1.95 bits per heavy atom. The van der Waals surface area contributed by atoms with Crippen LogP contribution in [0.2, 0.25) is 10.2 Å². The number of urea groups is 1. The lowest BCUT2D eigenvalue weighted by Crippen LogP contribution is -2.39. The van der Waals surface area contributed by atoms with E-state index < -0.39 is 12.3 Å². The summed E-state index contributed by atoms with van der Waals surface area (Å²) >= 11 is 11.6. The zero-order chi connectivity index (χ0) is 15.2. The maximum absolute atomic E-state index is 11.8. The summed E-state index contributed by atoms with van der Waals surface area (Å²) in [4.78, 5) is 15.7. The van der Waals surface area contributed by atoms with Crippen molar-refractivity contribution in [2.45, 2.75) is 13.2 Å². The molecule has 0 aliphatic rings. The van der Waals surface area contributed by atoms with Crippen LogP contribution >= 0.6 is 23.2 Å². The minimum atomic E-state index is -0.526. The number of nitrogens with zero attached hydrogens (tertiary/aromatic N) is 1. The van der Waals surface area contributed by atoms with Gasteiger partial charge in [-0.25, -0.2) is 9.78 Å². The Morgan fingerprint density at radius 1 is 1.24 bits per heavy atom. The van der Waals surface area contributed by atoms with Gasteiger partial charge in [0.2, 0.25) is 0 Å². The Kier molecular flexibility index (Phi) is 5.25. The molecule has 1 heterocycles. The highest BCUT2D eigenvalue weighted by molar-refractivity contribution is 6.32. The highest BCUT2D eigenvalue weighted by Crippen LogP contribution is 2.18. The molecule has 21 heavy (non-hydrogen) atoms. The topological polar surface area (TPSA) is 63.2 Å². The lowest BCUT2D eigenvalue weighted by Gasteiger charge is -2.17. The molecule has 0 bridgehead atoms. The van der Waals surface area contributed by atoms with Crippen LogP contribution in [0.3, 0.4) is 0 Å². The van der Waals surface area contributed by atoms with Gasteiger partial charge in [-0.05, 0) is 43.3 Å². The molecule has 2 rings (SSSR count). The van der Waals surface area contributed by atoms with E-state index >= 15 is 0 Å². The van der Waals surface area contributed by atoms with Crippen molar-refractivity contribution in [3.05, 3.63) is 52.8 Å². The van der Waals surface area contributed by atoms with Crippen LogP contribution in [0.4, 0.5) is 10.5 Å². The second-order valence-corrected chi connectivity index (χ2v) is 4.95. The molecule has 1 unspecified atom stereocenters. The number of hydrogen-bond acceptors (Lipinski definition) is 3. The highest BCUT2D eigenvalue weighted by Gasteiger charge is 2.10. The smallest absolute Gasteiger partial charge is 0.322 e. The third kappa shape index (κ3) is 4.81. The highest BCUT2D eigenvalue weighted by atomic mass is 35.5. The molecule has 0 aliphatic carbocycles. The van der Waals surface area contributed by atoms with Gasteiger partial charge in [-0.15, -0.1) is 0 Å². The average molecular weight is 326 g/mol. The number of aromatic nitrogens is 1. The first-order valence-corrected chi connectivity index (χ1v) is 6.90. The van der Waals surface area contributed by atoms with E-state index in [0.717, 1.165) is 0 Å². The Bertz CT molecular complexity index is 620. The van der Waals surface area contributed by atoms with Crippen LogP contribution in [0.5, 0.6) is 5.75 Å². The van der Waals surface area contributed by atoms with Gasteiger partial charge >= 0.3 is 6.03 Å². The monoisotopic (exact) mass is 325 g/mol. The largest absolute Gasteiger partial charge is 0.471 e. The second-order valence-electron chi connectivity index (χ2n) is 4.15. The van der Waals surface area contributed by atoms with Gasteiger partial charge in [0.1, 0.15) is 5.75 Å². The van der Waals surface area contributed by atoms with Crippen molar-refractivity contribution < 1.29 is 9.53 Å². The van der Waals surface area contributed by atoms with E-state index in [1.165, 1.54) is 6.20 Å². The summed E-state index contributed by atoms with van der Waals surface area (Å²) in [5, 5.41) is 6.06. The number of anilines is 1. The molecule has 1 atom stereocenters. The Morgan fingerprint density at radius 3 is 2.62 bits per heavy atom. The van der Waals surface area contributed by atoms with E-state index in [-0.39, 0.29) is 5.15 Å². The van der Waals surface area contributed by atoms with Gasteiger partial charge in [0.25, 0.3) is 0 Å². The number of amides is 2. The van der Waals surface area contributed by atoms with Gasteiger partial charge in [0, 0.05) is 11.2 Å². The number of rotatable bonds is 4. The van der Waals surface area contributed by atoms with Crippen molar-refractivity contribution in [2.75, 3.05) is 5.32 Å². The predicted molar refractivity (Wildman–Crippen MR) is 82.9 cm³/mol. The van der Waals surface area contributed by atoms with Gasteiger partial charge < -0.3 is 15.4 Å².